The average molecular weight is 419 g/mol. The molecule has 0 amide bonds. The molecule has 0 saturated carbocycles. The van der Waals surface area contributed by atoms with Crippen molar-refractivity contribution >= 4 is 11.9 Å². The molecule has 4 heteroatoms. The molecule has 4 nitrogen and oxygen atoms in total. The maximum Gasteiger partial charge on any atom is 0.339 e. The van der Waals surface area contributed by atoms with E-state index >= 15 is 0 Å². The molecule has 0 radical (unpaired) electrons. The van der Waals surface area contributed by atoms with E-state index in [1.54, 1.807) is 6.07 Å². The van der Waals surface area contributed by atoms with E-state index in [4.69, 9.17) is 9.47 Å². The van der Waals surface area contributed by atoms with Gasteiger partial charge in [0.25, 0.3) is 0 Å². The number of hydrogen-bond acceptors (Lipinski definition) is 4. The van der Waals surface area contributed by atoms with Crippen LogP contribution in [0.1, 0.15) is 113 Å². The third kappa shape index (κ3) is 8.49. The van der Waals surface area contributed by atoms with Crippen LogP contribution in [-0.4, -0.2) is 24.1 Å². The Morgan fingerprint density at radius 2 is 1.27 bits per heavy atom. The van der Waals surface area contributed by atoms with Crippen molar-refractivity contribution < 1.29 is 19.1 Å². The van der Waals surface area contributed by atoms with Gasteiger partial charge in [0.15, 0.2) is 0 Å². The maximum atomic E-state index is 13.1. The highest BCUT2D eigenvalue weighted by Gasteiger charge is 2.26. The van der Waals surface area contributed by atoms with E-state index in [9.17, 15) is 9.59 Å². The van der Waals surface area contributed by atoms with Gasteiger partial charge >= 0.3 is 11.9 Å². The first-order chi connectivity index (χ1) is 14.2. The van der Waals surface area contributed by atoms with Gasteiger partial charge in [0.05, 0.1) is 11.1 Å². The highest BCUT2D eigenvalue weighted by atomic mass is 16.5. The summed E-state index contributed by atoms with van der Waals surface area (Å²) in [6, 6.07) is 5.39. The lowest BCUT2D eigenvalue weighted by Crippen LogP contribution is -2.24. The first-order valence-electron chi connectivity index (χ1n) is 11.8. The van der Waals surface area contributed by atoms with Gasteiger partial charge in [-0.25, -0.2) is 9.59 Å². The first kappa shape index (κ1) is 26.2. The van der Waals surface area contributed by atoms with E-state index in [-0.39, 0.29) is 12.2 Å². The Morgan fingerprint density at radius 3 is 1.70 bits per heavy atom. The monoisotopic (exact) mass is 418 g/mol. The lowest BCUT2D eigenvalue weighted by atomic mass is 9.98. The van der Waals surface area contributed by atoms with Crippen molar-refractivity contribution in [3.8, 4) is 0 Å². The molecule has 0 aliphatic carbocycles. The lowest BCUT2D eigenvalue weighted by Gasteiger charge is -2.21. The van der Waals surface area contributed by atoms with Crippen molar-refractivity contribution in [2.24, 2.45) is 11.8 Å². The summed E-state index contributed by atoms with van der Waals surface area (Å²) < 4.78 is 11.6. The van der Waals surface area contributed by atoms with Crippen LogP contribution in [0.4, 0.5) is 0 Å². The number of benzene rings is 1. The molecular weight excluding hydrogens is 376 g/mol. The minimum Gasteiger partial charge on any atom is -0.459 e. The van der Waals surface area contributed by atoms with Crippen molar-refractivity contribution in [3.05, 3.63) is 34.9 Å². The van der Waals surface area contributed by atoms with Crippen LogP contribution in [0.3, 0.4) is 0 Å². The second-order valence-corrected chi connectivity index (χ2v) is 9.01. The van der Waals surface area contributed by atoms with E-state index in [0.717, 1.165) is 44.1 Å². The molecule has 0 saturated heterocycles. The summed E-state index contributed by atoms with van der Waals surface area (Å²) >= 11 is 0. The van der Waals surface area contributed by atoms with Crippen LogP contribution in [0.25, 0.3) is 0 Å². The van der Waals surface area contributed by atoms with Crippen molar-refractivity contribution in [3.63, 3.8) is 0 Å². The van der Waals surface area contributed by atoms with Gasteiger partial charge in [0.1, 0.15) is 12.2 Å². The van der Waals surface area contributed by atoms with Gasteiger partial charge in [0, 0.05) is 0 Å². The van der Waals surface area contributed by atoms with Crippen LogP contribution in [0.15, 0.2) is 18.2 Å². The Balaban J connectivity index is 3.05. The quantitative estimate of drug-likeness (QED) is 0.324. The molecular formula is C26H42O4. The minimum atomic E-state index is -0.428. The highest BCUT2D eigenvalue weighted by molar-refractivity contribution is 6.04. The first-order valence-corrected chi connectivity index (χ1v) is 11.8. The van der Waals surface area contributed by atoms with Crippen LogP contribution >= 0.6 is 0 Å². The maximum absolute atomic E-state index is 13.1. The summed E-state index contributed by atoms with van der Waals surface area (Å²) in [5.41, 5.74) is 1.51. The SMILES string of the molecule is CCc1cccc(C(=O)OC(CC)CCC(C)C)c1C(=O)OC(CC)CCC(C)C. The number of esters is 2. The number of carbonyl (C=O) groups is 2. The average Bonchev–Trinajstić information content (AvgIpc) is 2.72. The summed E-state index contributed by atoms with van der Waals surface area (Å²) in [4.78, 5) is 26.1. The van der Waals surface area contributed by atoms with Gasteiger partial charge in [-0.2, -0.15) is 0 Å². The molecule has 2 unspecified atom stereocenters. The van der Waals surface area contributed by atoms with Crippen molar-refractivity contribution in [2.45, 2.75) is 106 Å². The van der Waals surface area contributed by atoms with E-state index in [1.165, 1.54) is 0 Å². The molecule has 0 aliphatic heterocycles. The molecule has 1 aromatic carbocycles. The molecule has 0 spiro atoms. The largest absolute Gasteiger partial charge is 0.459 e. The molecule has 0 N–H and O–H groups in total. The molecule has 0 aromatic heterocycles. The Hall–Kier alpha value is -1.84. The number of carbonyl (C=O) groups excluding carboxylic acids is 2. The second kappa shape index (κ2) is 13.5. The molecule has 1 rings (SSSR count). The zero-order chi connectivity index (χ0) is 22.7. The Morgan fingerprint density at radius 1 is 0.767 bits per heavy atom. The predicted molar refractivity (Wildman–Crippen MR) is 123 cm³/mol. The zero-order valence-electron chi connectivity index (χ0n) is 20.1. The molecule has 30 heavy (non-hydrogen) atoms. The van der Waals surface area contributed by atoms with E-state index in [1.807, 2.05) is 32.9 Å². The fourth-order valence-electron chi connectivity index (χ4n) is 3.46. The van der Waals surface area contributed by atoms with Crippen LogP contribution in [0.2, 0.25) is 0 Å². The summed E-state index contributed by atoms with van der Waals surface area (Å²) in [5.74, 6) is 0.278. The van der Waals surface area contributed by atoms with Crippen molar-refractivity contribution in [1.82, 2.24) is 0 Å². The van der Waals surface area contributed by atoms with Gasteiger partial charge in [-0.15, -0.1) is 0 Å². The van der Waals surface area contributed by atoms with Crippen LogP contribution in [0.5, 0.6) is 0 Å². The van der Waals surface area contributed by atoms with E-state index in [2.05, 4.69) is 27.7 Å². The van der Waals surface area contributed by atoms with Gasteiger partial charge in [-0.3, -0.25) is 0 Å². The lowest BCUT2D eigenvalue weighted by molar-refractivity contribution is 0.0212. The zero-order valence-corrected chi connectivity index (χ0v) is 20.1. The second-order valence-electron chi connectivity index (χ2n) is 9.01. The number of hydrogen-bond donors (Lipinski definition) is 0. The highest BCUT2D eigenvalue weighted by Crippen LogP contribution is 2.23. The van der Waals surface area contributed by atoms with Gasteiger partial charge in [0.2, 0.25) is 0 Å². The Labute approximate surface area is 183 Å². The van der Waals surface area contributed by atoms with Crippen LogP contribution < -0.4 is 0 Å². The fourth-order valence-corrected chi connectivity index (χ4v) is 3.46. The third-order valence-corrected chi connectivity index (χ3v) is 5.55. The topological polar surface area (TPSA) is 52.6 Å². The molecule has 0 bridgehead atoms. The Kier molecular flexibility index (Phi) is 11.8. The van der Waals surface area contributed by atoms with Crippen molar-refractivity contribution in [1.29, 1.82) is 0 Å². The number of aryl methyl sites for hydroxylation is 1. The minimum absolute atomic E-state index is 0.136. The predicted octanol–water partition coefficient (Wildman–Crippen LogP) is 6.99. The molecule has 0 aliphatic rings. The standard InChI is InChI=1S/C26H42O4/c1-8-20-12-11-13-23(25(27)29-21(9-2)16-14-18(4)5)24(20)26(28)30-22(10-3)17-15-19(6)7/h11-13,18-19,21-22H,8-10,14-17H2,1-7H3. The molecule has 2 atom stereocenters. The molecule has 0 heterocycles. The molecule has 170 valence electrons. The number of ether oxygens (including phenoxy) is 2. The summed E-state index contributed by atoms with van der Waals surface area (Å²) in [6.07, 6.45) is 5.58. The van der Waals surface area contributed by atoms with Gasteiger partial charge in [-0.05, 0) is 68.4 Å². The smallest absolute Gasteiger partial charge is 0.339 e. The van der Waals surface area contributed by atoms with E-state index in [0.29, 0.717) is 29.4 Å². The Bertz CT molecular complexity index is 663. The van der Waals surface area contributed by atoms with E-state index < -0.39 is 11.9 Å². The molecule has 1 aromatic rings. The third-order valence-electron chi connectivity index (χ3n) is 5.55. The van der Waals surface area contributed by atoms with Crippen LogP contribution in [-0.2, 0) is 15.9 Å². The van der Waals surface area contributed by atoms with Gasteiger partial charge in [-0.1, -0.05) is 60.6 Å². The summed E-state index contributed by atoms with van der Waals surface area (Å²) in [6.45, 7) is 14.7. The summed E-state index contributed by atoms with van der Waals surface area (Å²) in [7, 11) is 0. The molecule has 0 fully saturated rings. The summed E-state index contributed by atoms with van der Waals surface area (Å²) in [5, 5.41) is 0. The van der Waals surface area contributed by atoms with Gasteiger partial charge < -0.3 is 9.47 Å². The number of rotatable bonds is 13. The normalized spacial score (nSPS) is 13.4. The fraction of sp³-hybridized carbons (Fsp3) is 0.692. The van der Waals surface area contributed by atoms with Crippen molar-refractivity contribution in [2.75, 3.05) is 0 Å². The van der Waals surface area contributed by atoms with Crippen LogP contribution in [0, 0.1) is 11.8 Å².